The summed E-state index contributed by atoms with van der Waals surface area (Å²) in [7, 11) is 0. The molecule has 3 heteroatoms. The molecule has 0 atom stereocenters. The molecule has 0 aromatic heterocycles. The molecule has 22 heavy (non-hydrogen) atoms. The van der Waals surface area contributed by atoms with E-state index < -0.39 is 0 Å². The summed E-state index contributed by atoms with van der Waals surface area (Å²) in [6.45, 7) is 0. The largest absolute Gasteiger partial charge is 0.0776 e. The van der Waals surface area contributed by atoms with Crippen molar-refractivity contribution >= 4 is 0 Å². The van der Waals surface area contributed by atoms with Gasteiger partial charge in [0.1, 0.15) is 0 Å². The first-order valence-corrected chi connectivity index (χ1v) is 0. The first kappa shape index (κ1) is 684. The van der Waals surface area contributed by atoms with E-state index in [1.165, 1.54) is 0 Å². The molecule has 194 valence electrons. The van der Waals surface area contributed by atoms with Crippen molar-refractivity contribution in [2.45, 2.75) is 141 Å². The van der Waals surface area contributed by atoms with Crippen LogP contribution in [0.25, 0.3) is 0 Å². The van der Waals surface area contributed by atoms with Crippen LogP contribution in [0.5, 0.6) is 0 Å². The zero-order valence-corrected chi connectivity index (χ0v) is 7.48. The minimum Gasteiger partial charge on any atom is -0.0776 e. The fourth-order valence-electron chi connectivity index (χ4n) is 0. The summed E-state index contributed by atoms with van der Waals surface area (Å²) in [4.78, 5) is 0. The molecule has 0 rings (SSSR count). The van der Waals surface area contributed by atoms with Crippen molar-refractivity contribution in [2.75, 3.05) is 0 Å². The molecular weight excluding hydrogens is 1010 g/mol. The van der Waals surface area contributed by atoms with Crippen molar-refractivity contribution in [3.05, 3.63) is 0 Å². The van der Waals surface area contributed by atoms with E-state index in [1.807, 2.05) is 0 Å². The van der Waals surface area contributed by atoms with Gasteiger partial charge in [-0.1, -0.05) is 141 Å². The van der Waals surface area contributed by atoms with Gasteiger partial charge in [-0.2, -0.15) is 0 Å². The Morgan fingerprint density at radius 1 is 0.0909 bits per heavy atom. The molecule has 0 aliphatic rings. The standard InChI is InChI=1S/19CH4.3No/h19*1H4;;;. The van der Waals surface area contributed by atoms with Crippen molar-refractivity contribution in [2.24, 2.45) is 0 Å². The molecule has 0 N–H and O–H groups in total. The van der Waals surface area contributed by atoms with E-state index in [9.17, 15) is 0 Å². The number of rotatable bonds is 0. The van der Waals surface area contributed by atoms with Gasteiger partial charge < -0.3 is 0 Å². The van der Waals surface area contributed by atoms with Crippen LogP contribution in [0.3, 0.4) is 0 Å². The second-order valence-corrected chi connectivity index (χ2v) is 0. The zero-order chi connectivity index (χ0) is 0. The van der Waals surface area contributed by atoms with Crippen LogP contribution in [0.15, 0.2) is 0 Å². The van der Waals surface area contributed by atoms with Crippen molar-refractivity contribution < 1.29 is 0 Å². The Morgan fingerprint density at radius 2 is 0.0909 bits per heavy atom. The van der Waals surface area contributed by atoms with Crippen LogP contribution in [-0.2, 0) is 0 Å². The second-order valence-electron chi connectivity index (χ2n) is 0. The molecule has 0 aliphatic carbocycles. The predicted molar refractivity (Wildman–Crippen MR) is 128 cm³/mol. The third kappa shape index (κ3) is 484. The molecule has 0 aromatic carbocycles. The molecule has 0 radical (unpaired) electrons. The molecule has 0 amide bonds. The van der Waals surface area contributed by atoms with Crippen molar-refractivity contribution in [3.63, 3.8) is 0 Å². The van der Waals surface area contributed by atoms with Crippen LogP contribution >= 0.6 is 0 Å². The fraction of sp³-hybridized carbons (Fsp3) is 1.00. The molecule has 0 saturated heterocycles. The number of hydrogen-bond donors (Lipinski definition) is 0. The molecule has 0 saturated carbocycles. The minimum atomic E-state index is 0. The van der Waals surface area contributed by atoms with E-state index >= 15 is 0 Å². The first-order chi connectivity index (χ1) is 0. The van der Waals surface area contributed by atoms with Crippen LogP contribution < -0.4 is 0 Å². The minimum absolute atomic E-state index is 0. The Morgan fingerprint density at radius 3 is 0.0909 bits per heavy atom. The molecule has 0 spiro atoms. The van der Waals surface area contributed by atoms with Crippen LogP contribution in [-0.4, -0.2) is 0 Å². The van der Waals surface area contributed by atoms with Crippen molar-refractivity contribution in [1.29, 1.82) is 0 Å². The van der Waals surface area contributed by atoms with Gasteiger partial charge in [-0.3, -0.25) is 0 Å². The monoisotopic (exact) mass is 1080 g/mol. The molecule has 0 fully saturated rings. The van der Waals surface area contributed by atoms with Crippen LogP contribution in [0.2, 0.25) is 0 Å². The van der Waals surface area contributed by atoms with Gasteiger partial charge in [-0.05, 0) is 0 Å². The van der Waals surface area contributed by atoms with Crippen LogP contribution in [0.1, 0.15) is 141 Å². The van der Waals surface area contributed by atoms with Gasteiger partial charge in [0.2, 0.25) is 0 Å². The summed E-state index contributed by atoms with van der Waals surface area (Å²) in [5.74, 6) is 0. The van der Waals surface area contributed by atoms with E-state index in [1.54, 1.807) is 0 Å². The van der Waals surface area contributed by atoms with Gasteiger partial charge in [-0.15, -0.1) is 0 Å². The molecular formula is C19H76No3. The maximum absolute atomic E-state index is 0. The van der Waals surface area contributed by atoms with Crippen molar-refractivity contribution in [1.82, 2.24) is 0 Å². The van der Waals surface area contributed by atoms with Gasteiger partial charge >= 0.3 is 0 Å². The van der Waals surface area contributed by atoms with Gasteiger partial charge in [0.25, 0.3) is 0 Å². The predicted octanol–water partition coefficient (Wildman–Crippen LogP) is 12.1. The van der Waals surface area contributed by atoms with Gasteiger partial charge in [-0.25, -0.2) is 0 Å². The van der Waals surface area contributed by atoms with Gasteiger partial charge in [0.05, 0.1) is 0 Å². The van der Waals surface area contributed by atoms with Gasteiger partial charge in [0, 0.05) is 0 Å². The first-order valence-electron chi connectivity index (χ1n) is 0. The smallest absolute Gasteiger partial charge is 0 e. The Balaban J connectivity index is 0. The SMILES string of the molecule is C.C.C.C.C.C.C.C.C.C.C.C.C.C.C.C.C.C.C.[No].[No].[No]. The summed E-state index contributed by atoms with van der Waals surface area (Å²) >= 11 is 0. The summed E-state index contributed by atoms with van der Waals surface area (Å²) in [6, 6.07) is 0. The van der Waals surface area contributed by atoms with E-state index in [0.717, 1.165) is 0 Å². The summed E-state index contributed by atoms with van der Waals surface area (Å²) in [5, 5.41) is 0. The topological polar surface area (TPSA) is 0 Å². The Labute approximate surface area is 141 Å². The van der Waals surface area contributed by atoms with Crippen molar-refractivity contribution in [3.8, 4) is 0 Å². The van der Waals surface area contributed by atoms with E-state index in [4.69, 9.17) is 0 Å². The van der Waals surface area contributed by atoms with Crippen LogP contribution in [0.4, 0.5) is 0 Å². The van der Waals surface area contributed by atoms with Crippen LogP contribution in [0, 0.1) is 0 Å². The Hall–Kier alpha value is -3.00. The fourth-order valence-corrected chi connectivity index (χ4v) is 0. The van der Waals surface area contributed by atoms with E-state index in [2.05, 4.69) is 0 Å². The van der Waals surface area contributed by atoms with Gasteiger partial charge in [0.15, 0.2) is 0 Å². The summed E-state index contributed by atoms with van der Waals surface area (Å²) in [5.41, 5.74) is 0. The quantitative estimate of drug-likeness (QED) is 0.227. The maximum Gasteiger partial charge on any atom is 0 e. The average molecular weight is 1080 g/mol. The molecule has 0 bridgehead atoms. The average Bonchev–Trinajstić information content (AvgIpc) is 0. The molecule has 0 nitrogen and oxygen atoms in total. The van der Waals surface area contributed by atoms with E-state index in [0.29, 0.717) is 0 Å². The second kappa shape index (κ2) is 578. The summed E-state index contributed by atoms with van der Waals surface area (Å²) in [6.07, 6.45) is 0. The Kier molecular flexibility index (Phi) is 18000. The maximum atomic E-state index is 0. The third-order valence-electron chi connectivity index (χ3n) is 0. The molecule has 0 aliphatic heterocycles. The molecule has 0 heterocycles. The normalized spacial score (nSPS) is 0. The zero-order valence-electron chi connectivity index (χ0n) is 0.802. The summed E-state index contributed by atoms with van der Waals surface area (Å²) < 4.78 is 0. The molecule has 0 unspecified atom stereocenters. The molecule has 0 aromatic rings. The third-order valence-corrected chi connectivity index (χ3v) is 0. The number of hydrogen-bond acceptors (Lipinski definition) is 0. The van der Waals surface area contributed by atoms with E-state index in [-0.39, 0.29) is 141 Å². The Bertz CT molecular complexity index is 12.6.